The monoisotopic (exact) mass is 382 g/mol. The Bertz CT molecular complexity index is 608. The van der Waals surface area contributed by atoms with Crippen LogP contribution in [0.25, 0.3) is 6.08 Å². The van der Waals surface area contributed by atoms with Crippen molar-refractivity contribution >= 4 is 6.08 Å². The highest BCUT2D eigenvalue weighted by atomic mass is 16.7. The second-order valence-corrected chi connectivity index (χ2v) is 6.91. The Morgan fingerprint density at radius 1 is 0.857 bits per heavy atom. The molecule has 1 aromatic rings. The third kappa shape index (κ3) is 10.4. The van der Waals surface area contributed by atoms with Crippen LogP contribution in [-0.4, -0.2) is 32.7 Å². The fraction of sp³-hybridized carbons (Fsp3) is 0.440. The molecule has 0 radical (unpaired) electrons. The van der Waals surface area contributed by atoms with Gasteiger partial charge in [0.2, 0.25) is 0 Å². The molecule has 0 spiro atoms. The van der Waals surface area contributed by atoms with E-state index in [1.165, 1.54) is 24.8 Å². The van der Waals surface area contributed by atoms with E-state index in [1.807, 2.05) is 30.4 Å². The van der Waals surface area contributed by atoms with Crippen molar-refractivity contribution in [1.29, 1.82) is 0 Å². The maximum atomic E-state index is 5.64. The molecule has 0 amide bonds. The van der Waals surface area contributed by atoms with E-state index in [0.29, 0.717) is 13.2 Å². The van der Waals surface area contributed by atoms with Crippen LogP contribution < -0.4 is 0 Å². The smallest absolute Gasteiger partial charge is 0.157 e. The van der Waals surface area contributed by atoms with Crippen molar-refractivity contribution in [3.63, 3.8) is 0 Å². The van der Waals surface area contributed by atoms with Gasteiger partial charge in [-0.1, -0.05) is 91.8 Å². The van der Waals surface area contributed by atoms with Crippen molar-refractivity contribution in [2.75, 3.05) is 20.3 Å². The van der Waals surface area contributed by atoms with Gasteiger partial charge in [0, 0.05) is 7.11 Å². The molecule has 0 aromatic heterocycles. The predicted molar refractivity (Wildman–Crippen MR) is 117 cm³/mol. The minimum absolute atomic E-state index is 0.0352. The lowest BCUT2D eigenvalue weighted by molar-refractivity contribution is -0.223. The van der Waals surface area contributed by atoms with Gasteiger partial charge >= 0.3 is 0 Å². The molecule has 2 rings (SSSR count). The quantitative estimate of drug-likeness (QED) is 0.323. The summed E-state index contributed by atoms with van der Waals surface area (Å²) in [7, 11) is 1.70. The summed E-state index contributed by atoms with van der Waals surface area (Å²) in [6.45, 7) is 1.30. The lowest BCUT2D eigenvalue weighted by Gasteiger charge is -2.28. The molecule has 1 heterocycles. The molecule has 0 bridgehead atoms. The van der Waals surface area contributed by atoms with Crippen LogP contribution in [0.4, 0.5) is 0 Å². The Labute approximate surface area is 170 Å². The average Bonchev–Trinajstić information content (AvgIpc) is 2.75. The highest BCUT2D eigenvalue weighted by molar-refractivity contribution is 5.50. The van der Waals surface area contributed by atoms with Gasteiger partial charge in [-0.2, -0.15) is 0 Å². The van der Waals surface area contributed by atoms with E-state index in [2.05, 4.69) is 48.6 Å². The maximum Gasteiger partial charge on any atom is 0.157 e. The van der Waals surface area contributed by atoms with Crippen LogP contribution in [0.3, 0.4) is 0 Å². The minimum atomic E-state index is -0.0352. The van der Waals surface area contributed by atoms with Gasteiger partial charge in [-0.3, -0.25) is 0 Å². The number of rotatable bonds is 12. The molecule has 1 aromatic carbocycles. The van der Waals surface area contributed by atoms with E-state index in [-0.39, 0.29) is 12.4 Å². The first-order chi connectivity index (χ1) is 13.9. The van der Waals surface area contributed by atoms with Crippen molar-refractivity contribution in [3.05, 3.63) is 78.4 Å². The Morgan fingerprint density at radius 2 is 1.54 bits per heavy atom. The second-order valence-electron chi connectivity index (χ2n) is 6.91. The fourth-order valence-electron chi connectivity index (χ4n) is 2.92. The third-order valence-corrected chi connectivity index (χ3v) is 4.61. The molecule has 0 N–H and O–H groups in total. The van der Waals surface area contributed by atoms with Crippen LogP contribution in [0.1, 0.15) is 44.1 Å². The first kappa shape index (κ1) is 22.4. The molecule has 3 heteroatoms. The van der Waals surface area contributed by atoms with Crippen molar-refractivity contribution in [2.24, 2.45) is 0 Å². The van der Waals surface area contributed by atoms with Crippen molar-refractivity contribution < 1.29 is 14.2 Å². The van der Waals surface area contributed by atoms with Gasteiger partial charge < -0.3 is 14.2 Å². The van der Waals surface area contributed by atoms with E-state index >= 15 is 0 Å². The number of unbranched alkanes of at least 4 members (excludes halogenated alkanes) is 4. The molecule has 0 unspecified atom stereocenters. The van der Waals surface area contributed by atoms with Gasteiger partial charge in [-0.05, 0) is 31.2 Å². The fourth-order valence-corrected chi connectivity index (χ4v) is 2.92. The zero-order valence-electron chi connectivity index (χ0n) is 17.0. The highest BCUT2D eigenvalue weighted by Gasteiger charge is 2.21. The lowest BCUT2D eigenvalue weighted by atomic mass is 10.1. The number of hydrogen-bond acceptors (Lipinski definition) is 3. The van der Waals surface area contributed by atoms with Gasteiger partial charge in [0.15, 0.2) is 6.29 Å². The summed E-state index contributed by atoms with van der Waals surface area (Å²) in [6, 6.07) is 10.3. The average molecular weight is 383 g/mol. The van der Waals surface area contributed by atoms with Crippen LogP contribution in [0.5, 0.6) is 0 Å². The number of allylic oxidation sites excluding steroid dienone is 7. The van der Waals surface area contributed by atoms with Gasteiger partial charge in [-0.25, -0.2) is 0 Å². The summed E-state index contributed by atoms with van der Waals surface area (Å²) < 4.78 is 16.5. The summed E-state index contributed by atoms with van der Waals surface area (Å²) >= 11 is 0. The summed E-state index contributed by atoms with van der Waals surface area (Å²) in [6.07, 6.45) is 23.8. The van der Waals surface area contributed by atoms with E-state index in [1.54, 1.807) is 7.11 Å². The number of hydrogen-bond donors (Lipinski definition) is 0. The first-order valence-corrected chi connectivity index (χ1v) is 10.4. The van der Waals surface area contributed by atoms with Crippen molar-refractivity contribution in [3.8, 4) is 0 Å². The van der Waals surface area contributed by atoms with Gasteiger partial charge in [0.1, 0.15) is 6.10 Å². The number of ether oxygens (including phenoxy) is 3. The van der Waals surface area contributed by atoms with Crippen LogP contribution >= 0.6 is 0 Å². The molecule has 1 aliphatic heterocycles. The highest BCUT2D eigenvalue weighted by Crippen LogP contribution is 2.15. The number of benzene rings is 1. The van der Waals surface area contributed by atoms with Crippen molar-refractivity contribution in [2.45, 2.75) is 50.9 Å². The molecule has 152 valence electrons. The molecule has 28 heavy (non-hydrogen) atoms. The summed E-state index contributed by atoms with van der Waals surface area (Å²) in [5, 5.41) is 0. The Kier molecular flexibility index (Phi) is 12.0. The molecule has 1 aliphatic rings. The van der Waals surface area contributed by atoms with E-state index in [4.69, 9.17) is 14.2 Å². The molecule has 3 nitrogen and oxygen atoms in total. The first-order valence-electron chi connectivity index (χ1n) is 10.4. The largest absolute Gasteiger partial charge is 0.377 e. The van der Waals surface area contributed by atoms with Crippen molar-refractivity contribution in [1.82, 2.24) is 0 Å². The van der Waals surface area contributed by atoms with E-state index in [9.17, 15) is 0 Å². The molecule has 0 atom stereocenters. The number of methoxy groups -OCH3 is 1. The maximum absolute atomic E-state index is 5.64. The standard InChI is InChI=1S/C25H34O3/c1-26-24-21-27-25(28-22-24)20-16-11-9-7-5-3-2-4-6-8-10-13-17-23-18-14-12-15-19-23/h2-4,6,8,10,12-15,17-19,24-25H,5,7,9,11,16,20-22H2,1H3/b3-2-,6-4+,10-8+,17-13+. The normalized spacial score (nSPS) is 20.9. The van der Waals surface area contributed by atoms with Crippen LogP contribution in [0, 0.1) is 0 Å². The SMILES string of the molecule is COC1COC(CCCCCC\C=C/C=C/C=C/C=C/c2ccccc2)OC1. The minimum Gasteiger partial charge on any atom is -0.377 e. The lowest BCUT2D eigenvalue weighted by Crippen LogP contribution is -2.36. The van der Waals surface area contributed by atoms with Gasteiger partial charge in [0.05, 0.1) is 13.2 Å². The van der Waals surface area contributed by atoms with Gasteiger partial charge in [0.25, 0.3) is 0 Å². The summed E-state index contributed by atoms with van der Waals surface area (Å²) in [4.78, 5) is 0. The topological polar surface area (TPSA) is 27.7 Å². The molecule has 0 aliphatic carbocycles. The van der Waals surface area contributed by atoms with E-state index in [0.717, 1.165) is 19.3 Å². The Morgan fingerprint density at radius 3 is 2.29 bits per heavy atom. The molecule has 0 saturated carbocycles. The molecule has 1 fully saturated rings. The summed E-state index contributed by atoms with van der Waals surface area (Å²) in [5.41, 5.74) is 1.22. The predicted octanol–water partition coefficient (Wildman–Crippen LogP) is 6.10. The van der Waals surface area contributed by atoms with E-state index < -0.39 is 0 Å². The van der Waals surface area contributed by atoms with Crippen LogP contribution in [0.15, 0.2) is 72.9 Å². The molecule has 1 saturated heterocycles. The molecular formula is C25H34O3. The van der Waals surface area contributed by atoms with Crippen LogP contribution in [0.2, 0.25) is 0 Å². The zero-order chi connectivity index (χ0) is 19.7. The van der Waals surface area contributed by atoms with Crippen LogP contribution in [-0.2, 0) is 14.2 Å². The third-order valence-electron chi connectivity index (χ3n) is 4.61. The Balaban J connectivity index is 1.42. The Hall–Kier alpha value is -1.94. The second kappa shape index (κ2) is 15.0. The summed E-state index contributed by atoms with van der Waals surface area (Å²) in [5.74, 6) is 0. The zero-order valence-corrected chi connectivity index (χ0v) is 17.0. The van der Waals surface area contributed by atoms with Gasteiger partial charge in [-0.15, -0.1) is 0 Å². The molecular weight excluding hydrogens is 348 g/mol.